The Balaban J connectivity index is 2.40. The van der Waals surface area contributed by atoms with Crippen molar-refractivity contribution >= 4 is 15.0 Å². The van der Waals surface area contributed by atoms with Crippen LogP contribution in [0.3, 0.4) is 0 Å². The molecule has 0 spiro atoms. The van der Waals surface area contributed by atoms with Gasteiger partial charge in [-0.05, 0) is 30.7 Å². The predicted molar refractivity (Wildman–Crippen MR) is 67.8 cm³/mol. The summed E-state index contributed by atoms with van der Waals surface area (Å²) >= 11 is 0. The van der Waals surface area contributed by atoms with E-state index in [4.69, 9.17) is 4.74 Å². The zero-order valence-corrected chi connectivity index (χ0v) is 9.77. The molecule has 16 heavy (non-hydrogen) atoms. The minimum absolute atomic E-state index is 0.836. The van der Waals surface area contributed by atoms with Crippen molar-refractivity contribution in [2.24, 2.45) is 0 Å². The van der Waals surface area contributed by atoms with E-state index in [1.807, 2.05) is 43.6 Å². The molecule has 4 nitrogen and oxygen atoms in total. The first-order valence-electron chi connectivity index (χ1n) is 5.29. The van der Waals surface area contributed by atoms with Crippen molar-refractivity contribution in [1.29, 1.82) is 0 Å². The van der Waals surface area contributed by atoms with Gasteiger partial charge in [-0.3, -0.25) is 0 Å². The Morgan fingerprint density at radius 3 is 2.81 bits per heavy atom. The van der Waals surface area contributed by atoms with Crippen LogP contribution >= 0.6 is 0 Å². The molecule has 0 amide bonds. The van der Waals surface area contributed by atoms with Gasteiger partial charge in [0.25, 0.3) is 0 Å². The van der Waals surface area contributed by atoms with Gasteiger partial charge < -0.3 is 9.33 Å². The summed E-state index contributed by atoms with van der Waals surface area (Å²) in [5.74, 6) is 0.865. The number of aryl methyl sites for hydroxylation is 1. The largest absolute Gasteiger partial charge is 0.497 e. The highest BCUT2D eigenvalue weighted by Crippen LogP contribution is 2.24. The molecular weight excluding hydrogens is 200 g/mol. The predicted octanol–water partition coefficient (Wildman–Crippen LogP) is 0.00982. The molecule has 0 N–H and O–H groups in total. The lowest BCUT2D eigenvalue weighted by atomic mass is 9.67. The van der Waals surface area contributed by atoms with E-state index in [0.717, 1.165) is 29.9 Å². The molecule has 1 aromatic heterocycles. The van der Waals surface area contributed by atoms with Crippen LogP contribution in [0.15, 0.2) is 24.4 Å². The number of benzene rings is 1. The Morgan fingerprint density at radius 2 is 2.25 bits per heavy atom. The Labute approximate surface area is 96.3 Å². The lowest BCUT2D eigenvalue weighted by molar-refractivity contribution is 0.414. The molecule has 0 aliphatic carbocycles. The number of hydrogen-bond acceptors (Lipinski definition) is 3. The summed E-state index contributed by atoms with van der Waals surface area (Å²) in [6.45, 7) is 2.04. The van der Waals surface area contributed by atoms with E-state index in [9.17, 15) is 0 Å². The van der Waals surface area contributed by atoms with Crippen molar-refractivity contribution in [3.8, 4) is 17.0 Å². The Kier molecular flexibility index (Phi) is 2.99. The van der Waals surface area contributed by atoms with Gasteiger partial charge in [0, 0.05) is 11.8 Å². The molecule has 1 heterocycles. The van der Waals surface area contributed by atoms with Crippen LogP contribution in [-0.2, 0) is 0 Å². The van der Waals surface area contributed by atoms with E-state index in [2.05, 4.69) is 10.3 Å². The SMILES string of the molecule is BBn1cc(-c2ccc(OC)cc2C)nn1. The van der Waals surface area contributed by atoms with Crippen molar-refractivity contribution in [2.75, 3.05) is 7.11 Å². The average molecular weight is 213 g/mol. The van der Waals surface area contributed by atoms with Crippen LogP contribution in [0.25, 0.3) is 11.3 Å². The second kappa shape index (κ2) is 4.43. The topological polar surface area (TPSA) is 39.9 Å². The number of aromatic nitrogens is 3. The number of methoxy groups -OCH3 is 1. The van der Waals surface area contributed by atoms with Gasteiger partial charge in [0.05, 0.1) is 14.8 Å². The first-order chi connectivity index (χ1) is 7.74. The van der Waals surface area contributed by atoms with Gasteiger partial charge in [-0.15, -0.1) is 5.10 Å². The zero-order chi connectivity index (χ0) is 11.5. The van der Waals surface area contributed by atoms with Gasteiger partial charge in [-0.25, -0.2) is 0 Å². The molecule has 6 heteroatoms. The third-order valence-electron chi connectivity index (χ3n) is 2.57. The Morgan fingerprint density at radius 1 is 1.44 bits per heavy atom. The smallest absolute Gasteiger partial charge is 0.225 e. The summed E-state index contributed by atoms with van der Waals surface area (Å²) in [5, 5.41) is 8.18. The van der Waals surface area contributed by atoms with E-state index >= 15 is 0 Å². The number of nitrogens with zero attached hydrogens (tertiary/aromatic N) is 3. The Hall–Kier alpha value is -1.71. The lowest BCUT2D eigenvalue weighted by Crippen LogP contribution is -2.05. The molecule has 0 bridgehead atoms. The van der Waals surface area contributed by atoms with Crippen LogP contribution in [0.4, 0.5) is 0 Å². The van der Waals surface area contributed by atoms with E-state index in [1.165, 1.54) is 0 Å². The molecule has 0 fully saturated rings. The maximum atomic E-state index is 5.17. The fraction of sp³-hybridized carbons (Fsp3) is 0.200. The summed E-state index contributed by atoms with van der Waals surface area (Å²) in [6.07, 6.45) is 1.95. The molecule has 0 saturated carbocycles. The van der Waals surface area contributed by atoms with E-state index in [0.29, 0.717) is 0 Å². The van der Waals surface area contributed by atoms with Crippen molar-refractivity contribution < 1.29 is 4.74 Å². The Bertz CT molecular complexity index is 499. The number of hydrogen-bond donors (Lipinski definition) is 0. The standard InChI is InChI=1S/C10H13B2N3O/c1-7-5-8(16-2)3-4-9(7)10-6-15(12-11)14-13-10/h3-6,12H,11H2,1-2H3. The summed E-state index contributed by atoms with van der Waals surface area (Å²) in [5.41, 5.74) is 3.14. The van der Waals surface area contributed by atoms with Crippen molar-refractivity contribution in [3.63, 3.8) is 0 Å². The van der Waals surface area contributed by atoms with Crippen LogP contribution in [0, 0.1) is 6.92 Å². The van der Waals surface area contributed by atoms with Crippen LogP contribution in [0.2, 0.25) is 0 Å². The van der Waals surface area contributed by atoms with E-state index in [1.54, 1.807) is 7.11 Å². The van der Waals surface area contributed by atoms with E-state index < -0.39 is 0 Å². The second-order valence-corrected chi connectivity index (χ2v) is 3.64. The fourth-order valence-corrected chi connectivity index (χ4v) is 1.63. The molecule has 0 atom stereocenters. The van der Waals surface area contributed by atoms with Crippen LogP contribution < -0.4 is 4.74 Å². The summed E-state index contributed by atoms with van der Waals surface area (Å²) < 4.78 is 6.99. The molecular formula is C10H13B2N3O. The minimum atomic E-state index is 0.836. The summed E-state index contributed by atoms with van der Waals surface area (Å²) in [6, 6.07) is 5.95. The zero-order valence-electron chi connectivity index (χ0n) is 9.77. The van der Waals surface area contributed by atoms with Gasteiger partial charge >= 0.3 is 0 Å². The highest BCUT2D eigenvalue weighted by atomic mass is 16.5. The molecule has 2 rings (SSSR count). The molecule has 0 aliphatic heterocycles. The first-order valence-corrected chi connectivity index (χ1v) is 5.29. The number of rotatable bonds is 3. The molecule has 0 unspecified atom stereocenters. The van der Waals surface area contributed by atoms with Gasteiger partial charge in [-0.2, -0.15) is 0 Å². The minimum Gasteiger partial charge on any atom is -0.497 e. The molecule has 0 saturated heterocycles. The molecule has 0 radical (unpaired) electrons. The summed E-state index contributed by atoms with van der Waals surface area (Å²) in [7, 11) is 4.54. The van der Waals surface area contributed by atoms with Crippen molar-refractivity contribution in [1.82, 2.24) is 14.9 Å². The normalized spacial score (nSPS) is 10.1. The third kappa shape index (κ3) is 1.96. The van der Waals surface area contributed by atoms with Crippen molar-refractivity contribution in [3.05, 3.63) is 30.0 Å². The molecule has 1 aromatic carbocycles. The third-order valence-corrected chi connectivity index (χ3v) is 2.57. The fourth-order valence-electron chi connectivity index (χ4n) is 1.63. The highest BCUT2D eigenvalue weighted by Gasteiger charge is 2.07. The molecule has 80 valence electrons. The molecule has 2 aromatic rings. The lowest BCUT2D eigenvalue weighted by Gasteiger charge is -2.04. The average Bonchev–Trinajstić information content (AvgIpc) is 2.77. The highest BCUT2D eigenvalue weighted by molar-refractivity contribution is 6.88. The first kappa shape index (κ1) is 10.8. The van der Waals surface area contributed by atoms with Gasteiger partial charge in [0.15, 0.2) is 0 Å². The van der Waals surface area contributed by atoms with E-state index in [-0.39, 0.29) is 0 Å². The number of ether oxygens (including phenoxy) is 1. The van der Waals surface area contributed by atoms with Gasteiger partial charge in [0.2, 0.25) is 7.31 Å². The maximum Gasteiger partial charge on any atom is 0.225 e. The monoisotopic (exact) mass is 213 g/mol. The molecule has 0 aliphatic rings. The van der Waals surface area contributed by atoms with Crippen LogP contribution in [-0.4, -0.2) is 37.1 Å². The van der Waals surface area contributed by atoms with Crippen LogP contribution in [0.1, 0.15) is 5.56 Å². The van der Waals surface area contributed by atoms with Gasteiger partial charge in [0.1, 0.15) is 11.4 Å². The van der Waals surface area contributed by atoms with Crippen LogP contribution in [0.5, 0.6) is 5.75 Å². The van der Waals surface area contributed by atoms with Crippen molar-refractivity contribution in [2.45, 2.75) is 6.92 Å². The maximum absolute atomic E-state index is 5.17. The summed E-state index contributed by atoms with van der Waals surface area (Å²) in [4.78, 5) is 0. The second-order valence-electron chi connectivity index (χ2n) is 3.64. The quantitative estimate of drug-likeness (QED) is 0.674. The van der Waals surface area contributed by atoms with Gasteiger partial charge in [-0.1, -0.05) is 5.21 Å².